The molecule has 194 valence electrons. The van der Waals surface area contributed by atoms with E-state index in [0.29, 0.717) is 19.0 Å². The highest BCUT2D eigenvalue weighted by Gasteiger charge is 2.31. The van der Waals surface area contributed by atoms with Crippen molar-refractivity contribution in [2.75, 3.05) is 19.6 Å². The number of aryl methyl sites for hydroxylation is 1. The number of hydrogen-bond donors (Lipinski definition) is 4. The van der Waals surface area contributed by atoms with Gasteiger partial charge in [-0.25, -0.2) is 4.99 Å². The summed E-state index contributed by atoms with van der Waals surface area (Å²) in [6, 6.07) is 7.78. The molecule has 2 amide bonds. The first-order chi connectivity index (χ1) is 17.3. The second-order valence-corrected chi connectivity index (χ2v) is 10.2. The zero-order valence-corrected chi connectivity index (χ0v) is 21.4. The Kier molecular flexibility index (Phi) is 8.28. The van der Waals surface area contributed by atoms with Gasteiger partial charge < -0.3 is 21.7 Å². The molecule has 0 radical (unpaired) electrons. The van der Waals surface area contributed by atoms with Crippen molar-refractivity contribution in [2.24, 2.45) is 22.4 Å². The van der Waals surface area contributed by atoms with Crippen molar-refractivity contribution in [3.8, 4) is 11.3 Å². The number of nitrogens with two attached hydrogens (primary N) is 2. The van der Waals surface area contributed by atoms with E-state index >= 15 is 0 Å². The van der Waals surface area contributed by atoms with Crippen molar-refractivity contribution >= 4 is 17.8 Å². The van der Waals surface area contributed by atoms with Crippen molar-refractivity contribution in [1.29, 1.82) is 0 Å². The van der Waals surface area contributed by atoms with Gasteiger partial charge in [0.05, 0.1) is 12.2 Å². The summed E-state index contributed by atoms with van der Waals surface area (Å²) in [5, 5.41) is 10.6. The lowest BCUT2D eigenvalue weighted by molar-refractivity contribution is -0.134. The first kappa shape index (κ1) is 25.7. The summed E-state index contributed by atoms with van der Waals surface area (Å²) >= 11 is 0. The molecule has 2 heterocycles. The number of nitrogens with one attached hydrogen (secondary N) is 2. The molecule has 0 unspecified atom stereocenters. The maximum Gasteiger partial charge on any atom is 0.245 e. The van der Waals surface area contributed by atoms with Gasteiger partial charge in [0, 0.05) is 30.3 Å². The third-order valence-electron chi connectivity index (χ3n) is 7.83. The van der Waals surface area contributed by atoms with Gasteiger partial charge in [-0.2, -0.15) is 5.10 Å². The fraction of sp³-hybridized carbons (Fsp3) is 0.556. The molecule has 6 N–H and O–H groups in total. The Balaban J connectivity index is 1.29. The Morgan fingerprint density at radius 2 is 1.86 bits per heavy atom. The molecule has 4 rings (SSSR count). The SMILES string of the molecule is Cc1cccc(-c2cc(C3CCN(C(=O)CNC(=O)[C@H](N=C(N)N)C4CCCCC4)CC3)[nH]n2)c1C. The van der Waals surface area contributed by atoms with Crippen molar-refractivity contribution < 1.29 is 9.59 Å². The third kappa shape index (κ3) is 6.06. The molecule has 2 aromatic rings. The number of piperidine rings is 1. The lowest BCUT2D eigenvalue weighted by Gasteiger charge is -2.32. The number of carbonyl (C=O) groups is 2. The molecule has 1 atom stereocenters. The molecular formula is C27H39N7O2. The number of aromatic amines is 1. The maximum atomic E-state index is 12.9. The molecule has 1 aliphatic carbocycles. The minimum absolute atomic E-state index is 0.0342. The highest BCUT2D eigenvalue weighted by Crippen LogP contribution is 2.31. The first-order valence-electron chi connectivity index (χ1n) is 13.1. The standard InChI is InChI=1S/C27H39N7O2/c1-17-7-6-10-21(18(17)2)23-15-22(32-33-23)19-11-13-34(14-12-19)24(35)16-30-26(36)25(31-27(28)29)20-8-4-3-5-9-20/h6-7,10,15,19-20,25H,3-5,8-9,11-14,16H2,1-2H3,(H,30,36)(H,32,33)(H4,28,29,31)/t25-/m1/s1. The molecular weight excluding hydrogens is 454 g/mol. The highest BCUT2D eigenvalue weighted by molar-refractivity contribution is 5.89. The Labute approximate surface area is 213 Å². The number of guanidine groups is 1. The Morgan fingerprint density at radius 1 is 1.14 bits per heavy atom. The quantitative estimate of drug-likeness (QED) is 0.346. The molecule has 1 aromatic heterocycles. The van der Waals surface area contributed by atoms with Gasteiger partial charge in [-0.1, -0.05) is 37.5 Å². The summed E-state index contributed by atoms with van der Waals surface area (Å²) in [7, 11) is 0. The molecule has 0 spiro atoms. The van der Waals surface area contributed by atoms with E-state index in [1.54, 1.807) is 0 Å². The minimum atomic E-state index is -0.625. The number of hydrogen-bond acceptors (Lipinski definition) is 4. The average molecular weight is 494 g/mol. The number of rotatable bonds is 7. The molecule has 1 saturated heterocycles. The zero-order valence-electron chi connectivity index (χ0n) is 21.4. The fourth-order valence-electron chi connectivity index (χ4n) is 5.52. The van der Waals surface area contributed by atoms with E-state index in [9.17, 15) is 9.59 Å². The van der Waals surface area contributed by atoms with E-state index in [-0.39, 0.29) is 30.2 Å². The van der Waals surface area contributed by atoms with Crippen molar-refractivity contribution in [3.63, 3.8) is 0 Å². The minimum Gasteiger partial charge on any atom is -0.370 e. The maximum absolute atomic E-state index is 12.9. The van der Waals surface area contributed by atoms with E-state index < -0.39 is 6.04 Å². The second-order valence-electron chi connectivity index (χ2n) is 10.2. The van der Waals surface area contributed by atoms with E-state index in [1.807, 2.05) is 4.90 Å². The topological polar surface area (TPSA) is 142 Å². The van der Waals surface area contributed by atoms with Crippen LogP contribution in [0.25, 0.3) is 11.3 Å². The Hall–Kier alpha value is -3.36. The Morgan fingerprint density at radius 3 is 2.56 bits per heavy atom. The molecule has 1 saturated carbocycles. The number of benzene rings is 1. The predicted molar refractivity (Wildman–Crippen MR) is 141 cm³/mol. The Bertz CT molecular complexity index is 1090. The molecule has 2 fully saturated rings. The van der Waals surface area contributed by atoms with Gasteiger partial charge in [0.1, 0.15) is 6.04 Å². The van der Waals surface area contributed by atoms with E-state index in [2.05, 4.69) is 58.6 Å². The monoisotopic (exact) mass is 493 g/mol. The summed E-state index contributed by atoms with van der Waals surface area (Å²) in [5.74, 6) is 0.0142. The lowest BCUT2D eigenvalue weighted by Crippen LogP contribution is -2.47. The van der Waals surface area contributed by atoms with Crippen LogP contribution in [-0.2, 0) is 9.59 Å². The van der Waals surface area contributed by atoms with Gasteiger partial charge in [0.25, 0.3) is 0 Å². The number of aromatic nitrogens is 2. The fourth-order valence-corrected chi connectivity index (χ4v) is 5.52. The van der Waals surface area contributed by atoms with Crippen LogP contribution in [0.3, 0.4) is 0 Å². The van der Waals surface area contributed by atoms with Crippen LogP contribution >= 0.6 is 0 Å². The van der Waals surface area contributed by atoms with Gasteiger partial charge in [0.15, 0.2) is 5.96 Å². The van der Waals surface area contributed by atoms with Crippen LogP contribution in [0, 0.1) is 19.8 Å². The van der Waals surface area contributed by atoms with Crippen LogP contribution in [0.4, 0.5) is 0 Å². The van der Waals surface area contributed by atoms with Crippen LogP contribution in [0.15, 0.2) is 29.3 Å². The van der Waals surface area contributed by atoms with Crippen LogP contribution in [0.1, 0.15) is 67.7 Å². The number of carbonyl (C=O) groups excluding carboxylic acids is 2. The van der Waals surface area contributed by atoms with Gasteiger partial charge in [-0.15, -0.1) is 0 Å². The molecule has 9 nitrogen and oxygen atoms in total. The largest absolute Gasteiger partial charge is 0.370 e. The van der Waals surface area contributed by atoms with Crippen molar-refractivity contribution in [2.45, 2.75) is 70.8 Å². The number of aliphatic imine (C=N–C) groups is 1. The normalized spacial score (nSPS) is 18.0. The van der Waals surface area contributed by atoms with Crippen LogP contribution in [0.5, 0.6) is 0 Å². The van der Waals surface area contributed by atoms with E-state index in [1.165, 1.54) is 17.5 Å². The molecule has 1 aliphatic heterocycles. The third-order valence-corrected chi connectivity index (χ3v) is 7.83. The first-order valence-corrected chi connectivity index (χ1v) is 13.1. The lowest BCUT2D eigenvalue weighted by atomic mass is 9.83. The summed E-state index contributed by atoms with van der Waals surface area (Å²) in [5.41, 5.74) is 16.9. The molecule has 0 bridgehead atoms. The summed E-state index contributed by atoms with van der Waals surface area (Å²) in [4.78, 5) is 31.7. The van der Waals surface area contributed by atoms with E-state index in [0.717, 1.165) is 55.5 Å². The molecule has 2 aliphatic rings. The van der Waals surface area contributed by atoms with E-state index in [4.69, 9.17) is 11.5 Å². The van der Waals surface area contributed by atoms with Gasteiger partial charge in [-0.05, 0) is 62.6 Å². The number of H-pyrrole nitrogens is 1. The smallest absolute Gasteiger partial charge is 0.245 e. The average Bonchev–Trinajstić information content (AvgIpc) is 3.38. The number of likely N-dealkylation sites (tertiary alicyclic amines) is 1. The van der Waals surface area contributed by atoms with Gasteiger partial charge in [0.2, 0.25) is 11.8 Å². The van der Waals surface area contributed by atoms with Gasteiger partial charge >= 0.3 is 0 Å². The number of nitrogens with zero attached hydrogens (tertiary/aromatic N) is 3. The summed E-state index contributed by atoms with van der Waals surface area (Å²) < 4.78 is 0. The number of amides is 2. The second kappa shape index (κ2) is 11.6. The predicted octanol–water partition coefficient (Wildman–Crippen LogP) is 2.74. The van der Waals surface area contributed by atoms with Crippen molar-refractivity contribution in [3.05, 3.63) is 41.1 Å². The zero-order chi connectivity index (χ0) is 25.7. The molecule has 9 heteroatoms. The molecule has 1 aromatic carbocycles. The van der Waals surface area contributed by atoms with Gasteiger partial charge in [-0.3, -0.25) is 14.7 Å². The molecule has 36 heavy (non-hydrogen) atoms. The summed E-state index contributed by atoms with van der Waals surface area (Å²) in [6.07, 6.45) is 6.88. The van der Waals surface area contributed by atoms with Crippen LogP contribution in [-0.4, -0.2) is 58.5 Å². The van der Waals surface area contributed by atoms with Crippen LogP contribution in [0.2, 0.25) is 0 Å². The highest BCUT2D eigenvalue weighted by atomic mass is 16.2. The van der Waals surface area contributed by atoms with Crippen LogP contribution < -0.4 is 16.8 Å². The van der Waals surface area contributed by atoms with Crippen molar-refractivity contribution in [1.82, 2.24) is 20.4 Å². The summed E-state index contributed by atoms with van der Waals surface area (Å²) in [6.45, 7) is 5.50.